The molecule has 0 aromatic heterocycles. The molecule has 1 N–H and O–H groups in total. The number of rotatable bonds is 3. The molecule has 1 unspecified atom stereocenters. The quantitative estimate of drug-likeness (QED) is 0.721. The van der Waals surface area contributed by atoms with Crippen molar-refractivity contribution < 1.29 is 14.6 Å². The van der Waals surface area contributed by atoms with Gasteiger partial charge in [0.15, 0.2) is 0 Å². The lowest BCUT2D eigenvalue weighted by Gasteiger charge is -2.22. The van der Waals surface area contributed by atoms with Gasteiger partial charge in [-0.2, -0.15) is 0 Å². The second-order valence-corrected chi connectivity index (χ2v) is 3.47. The monoisotopic (exact) mass is 182 g/mol. The highest BCUT2D eigenvalue weighted by molar-refractivity contribution is 5.77. The van der Waals surface area contributed by atoms with Crippen LogP contribution in [0, 0.1) is 5.41 Å². The van der Waals surface area contributed by atoms with E-state index < -0.39 is 11.4 Å². The minimum atomic E-state index is -0.781. The first-order valence-electron chi connectivity index (χ1n) is 4.19. The van der Waals surface area contributed by atoms with Crippen molar-refractivity contribution in [3.8, 4) is 0 Å². The van der Waals surface area contributed by atoms with E-state index in [1.54, 1.807) is 20.1 Å². The number of aliphatic carboxylic acids is 1. The molecule has 0 heterocycles. The molecular formula is C10H14O3. The largest absolute Gasteiger partial charge is 0.481 e. The molecule has 0 spiro atoms. The molecule has 0 saturated heterocycles. The Balaban J connectivity index is 2.67. The predicted octanol–water partition coefficient (Wildman–Crippen LogP) is 1.61. The van der Waals surface area contributed by atoms with Gasteiger partial charge in [-0.3, -0.25) is 4.79 Å². The standard InChI is InChI=1S/C10H14O3/c1-10(9(11)12)5-3-8(4-6-10)7-13-2/h3-5H,6-7H2,1-2H3,(H,11,12). The fraction of sp³-hybridized carbons (Fsp3) is 0.500. The second-order valence-electron chi connectivity index (χ2n) is 3.47. The summed E-state index contributed by atoms with van der Waals surface area (Å²) in [7, 11) is 1.62. The van der Waals surface area contributed by atoms with Crippen molar-refractivity contribution in [2.24, 2.45) is 5.41 Å². The second kappa shape index (κ2) is 3.75. The minimum absolute atomic E-state index is 0.539. The summed E-state index contributed by atoms with van der Waals surface area (Å²) >= 11 is 0. The van der Waals surface area contributed by atoms with Gasteiger partial charge in [0.25, 0.3) is 0 Å². The molecular weight excluding hydrogens is 168 g/mol. The van der Waals surface area contributed by atoms with Gasteiger partial charge in [-0.15, -0.1) is 0 Å². The van der Waals surface area contributed by atoms with Crippen LogP contribution in [0.2, 0.25) is 0 Å². The third-order valence-corrected chi connectivity index (χ3v) is 2.25. The average molecular weight is 182 g/mol. The van der Waals surface area contributed by atoms with Crippen LogP contribution in [-0.4, -0.2) is 24.8 Å². The first kappa shape index (κ1) is 9.99. The van der Waals surface area contributed by atoms with Gasteiger partial charge in [0, 0.05) is 7.11 Å². The molecule has 72 valence electrons. The molecule has 0 saturated carbocycles. The molecule has 0 aromatic rings. The Morgan fingerprint density at radius 2 is 2.46 bits per heavy atom. The van der Waals surface area contributed by atoms with Crippen LogP contribution in [0.25, 0.3) is 0 Å². The zero-order valence-corrected chi connectivity index (χ0v) is 7.91. The van der Waals surface area contributed by atoms with Crippen molar-refractivity contribution >= 4 is 5.97 Å². The Morgan fingerprint density at radius 1 is 1.77 bits per heavy atom. The smallest absolute Gasteiger partial charge is 0.313 e. The van der Waals surface area contributed by atoms with Gasteiger partial charge in [-0.1, -0.05) is 18.2 Å². The summed E-state index contributed by atoms with van der Waals surface area (Å²) in [5.74, 6) is -0.781. The van der Waals surface area contributed by atoms with E-state index in [9.17, 15) is 4.79 Å². The molecule has 0 aromatic carbocycles. The van der Waals surface area contributed by atoms with Crippen LogP contribution >= 0.6 is 0 Å². The topological polar surface area (TPSA) is 46.5 Å². The lowest BCUT2D eigenvalue weighted by Crippen LogP contribution is -2.26. The highest BCUT2D eigenvalue weighted by Crippen LogP contribution is 2.29. The number of hydrogen-bond donors (Lipinski definition) is 1. The van der Waals surface area contributed by atoms with Gasteiger partial charge in [0.2, 0.25) is 0 Å². The summed E-state index contributed by atoms with van der Waals surface area (Å²) in [6, 6.07) is 0. The van der Waals surface area contributed by atoms with Crippen LogP contribution in [0.3, 0.4) is 0 Å². The Hall–Kier alpha value is -1.09. The lowest BCUT2D eigenvalue weighted by atomic mass is 9.82. The normalized spacial score (nSPS) is 27.1. The number of allylic oxidation sites excluding steroid dienone is 1. The summed E-state index contributed by atoms with van der Waals surface area (Å²) in [4.78, 5) is 10.8. The zero-order chi connectivity index (χ0) is 9.90. The average Bonchev–Trinajstić information content (AvgIpc) is 2.09. The molecule has 1 atom stereocenters. The first-order valence-corrected chi connectivity index (χ1v) is 4.19. The van der Waals surface area contributed by atoms with Crippen LogP contribution in [0.4, 0.5) is 0 Å². The highest BCUT2D eigenvalue weighted by atomic mass is 16.5. The number of carboxylic acid groups (broad SMARTS) is 1. The molecule has 0 fully saturated rings. The third kappa shape index (κ3) is 2.18. The molecule has 3 heteroatoms. The van der Waals surface area contributed by atoms with Crippen molar-refractivity contribution in [2.45, 2.75) is 13.3 Å². The van der Waals surface area contributed by atoms with Crippen LogP contribution in [0.5, 0.6) is 0 Å². The van der Waals surface area contributed by atoms with E-state index in [0.717, 1.165) is 5.57 Å². The molecule has 1 rings (SSSR count). The van der Waals surface area contributed by atoms with E-state index >= 15 is 0 Å². The van der Waals surface area contributed by atoms with Crippen molar-refractivity contribution in [3.63, 3.8) is 0 Å². The highest BCUT2D eigenvalue weighted by Gasteiger charge is 2.30. The number of carbonyl (C=O) groups is 1. The zero-order valence-electron chi connectivity index (χ0n) is 7.91. The Kier molecular flexibility index (Phi) is 2.88. The van der Waals surface area contributed by atoms with Crippen molar-refractivity contribution in [1.82, 2.24) is 0 Å². The third-order valence-electron chi connectivity index (χ3n) is 2.25. The fourth-order valence-corrected chi connectivity index (χ4v) is 1.20. The number of carboxylic acids is 1. The van der Waals surface area contributed by atoms with E-state index in [2.05, 4.69) is 0 Å². The number of hydrogen-bond acceptors (Lipinski definition) is 2. The summed E-state index contributed by atoms with van der Waals surface area (Å²) in [5.41, 5.74) is 0.304. The van der Waals surface area contributed by atoms with Crippen LogP contribution in [-0.2, 0) is 9.53 Å². The Bertz CT molecular complexity index is 265. The molecule has 0 amide bonds. The number of methoxy groups -OCH3 is 1. The van der Waals surface area contributed by atoms with Crippen LogP contribution in [0.1, 0.15) is 13.3 Å². The summed E-state index contributed by atoms with van der Waals surface area (Å²) in [5, 5.41) is 8.90. The van der Waals surface area contributed by atoms with Gasteiger partial charge in [-0.25, -0.2) is 0 Å². The maximum Gasteiger partial charge on any atom is 0.313 e. The van der Waals surface area contributed by atoms with Gasteiger partial charge in [-0.05, 0) is 18.9 Å². The van der Waals surface area contributed by atoms with Crippen molar-refractivity contribution in [2.75, 3.05) is 13.7 Å². The molecule has 1 aliphatic rings. The number of ether oxygens (including phenoxy) is 1. The van der Waals surface area contributed by atoms with Crippen molar-refractivity contribution in [3.05, 3.63) is 23.8 Å². The maximum atomic E-state index is 10.8. The molecule has 1 aliphatic carbocycles. The maximum absolute atomic E-state index is 10.8. The summed E-state index contributed by atoms with van der Waals surface area (Å²) in [6.07, 6.45) is 6.00. The van der Waals surface area contributed by atoms with Crippen molar-refractivity contribution in [1.29, 1.82) is 0 Å². The van der Waals surface area contributed by atoms with Gasteiger partial charge in [0.05, 0.1) is 12.0 Å². The van der Waals surface area contributed by atoms with E-state index in [0.29, 0.717) is 13.0 Å². The predicted molar refractivity (Wildman–Crippen MR) is 49.5 cm³/mol. The summed E-state index contributed by atoms with van der Waals surface area (Å²) < 4.78 is 4.94. The van der Waals surface area contributed by atoms with Gasteiger partial charge >= 0.3 is 5.97 Å². The Labute approximate surface area is 77.7 Å². The van der Waals surface area contributed by atoms with E-state index in [1.165, 1.54) is 0 Å². The summed E-state index contributed by atoms with van der Waals surface area (Å²) in [6.45, 7) is 2.26. The Morgan fingerprint density at radius 3 is 2.85 bits per heavy atom. The lowest BCUT2D eigenvalue weighted by molar-refractivity contribution is -0.145. The van der Waals surface area contributed by atoms with E-state index in [-0.39, 0.29) is 0 Å². The molecule has 13 heavy (non-hydrogen) atoms. The minimum Gasteiger partial charge on any atom is -0.481 e. The molecule has 0 aliphatic heterocycles. The first-order chi connectivity index (χ1) is 6.08. The van der Waals surface area contributed by atoms with Crippen LogP contribution in [0.15, 0.2) is 23.8 Å². The SMILES string of the molecule is COCC1=CCC(C)(C(=O)O)C=C1. The fourth-order valence-electron chi connectivity index (χ4n) is 1.20. The molecule has 0 bridgehead atoms. The van der Waals surface area contributed by atoms with Crippen LogP contribution < -0.4 is 0 Å². The molecule has 0 radical (unpaired) electrons. The van der Waals surface area contributed by atoms with E-state index in [1.807, 2.05) is 12.2 Å². The van der Waals surface area contributed by atoms with E-state index in [4.69, 9.17) is 9.84 Å². The van der Waals surface area contributed by atoms with Gasteiger partial charge < -0.3 is 9.84 Å². The molecule has 3 nitrogen and oxygen atoms in total. The van der Waals surface area contributed by atoms with Gasteiger partial charge in [0.1, 0.15) is 0 Å².